The molecule has 0 aliphatic rings. The van der Waals surface area contributed by atoms with Crippen molar-refractivity contribution < 1.29 is 103 Å². The standard InChI is InChI=1S/C51H72N10O17S3.C2HF3O2/c1-32(63)43(58-45(66)39(52)17-11-12-22-53-51(72)78-23-25-80(4,73)74)48(69)55-40(27-35-13-7-5-8-14-35)46(67)59-44(33(2)64)49(70)56-41(28-62)47(68)57-42(29-79-31-54-34(3)65)50(71)77-24-26-81(75,76)30-36-18-20-38(21-19-36)61-60-37-15-9-6-10-16-37;3-2(4,5)1(6)7/h5-10,13-16,18-21,32-33,39-44,62-64H,11-12,17,22-31,52H2,1-4H3,(H,53,72)(H,54,65)(H,55,69)(H,56,70)(H,57,68)(H,58,66)(H,59,67);(H,6,7)/t32?,33?,39-,40-,41-,42-,43-,44-;/m0./s1. The molecule has 0 radical (unpaired) electrons. The molecule has 0 aromatic heterocycles. The highest BCUT2D eigenvalue weighted by Gasteiger charge is 2.39. The molecule has 0 saturated carbocycles. The number of carbonyl (C=O) groups excluding carboxylic acids is 8. The van der Waals surface area contributed by atoms with Crippen molar-refractivity contribution in [3.63, 3.8) is 0 Å². The highest BCUT2D eigenvalue weighted by atomic mass is 32.2. The van der Waals surface area contributed by atoms with E-state index in [-0.39, 0.29) is 43.4 Å². The number of nitrogens with one attached hydrogen (secondary N) is 7. The minimum absolute atomic E-state index is 0.0253. The number of benzene rings is 3. The lowest BCUT2D eigenvalue weighted by Crippen LogP contribution is -2.63. The van der Waals surface area contributed by atoms with E-state index in [0.29, 0.717) is 35.3 Å². The fourth-order valence-corrected chi connectivity index (χ4v) is 9.43. The number of carbonyl (C=O) groups is 9. The van der Waals surface area contributed by atoms with Crippen molar-refractivity contribution in [3.8, 4) is 0 Å². The number of nitrogens with zero attached hydrogens (tertiary/aromatic N) is 2. The van der Waals surface area contributed by atoms with Crippen molar-refractivity contribution in [1.29, 1.82) is 0 Å². The molecule has 2 unspecified atom stereocenters. The van der Waals surface area contributed by atoms with Gasteiger partial charge in [0, 0.05) is 31.9 Å². The normalized spacial score (nSPS) is 14.3. The predicted molar refractivity (Wildman–Crippen MR) is 311 cm³/mol. The van der Waals surface area contributed by atoms with Gasteiger partial charge < -0.3 is 72.9 Å². The van der Waals surface area contributed by atoms with Crippen molar-refractivity contribution in [2.45, 2.75) is 107 Å². The molecule has 13 N–H and O–H groups in total. The minimum atomic E-state index is -5.08. The first-order valence-corrected chi connectivity index (χ1v) is 31.7. The van der Waals surface area contributed by atoms with Crippen LogP contribution in [0.2, 0.25) is 0 Å². The van der Waals surface area contributed by atoms with Gasteiger partial charge >= 0.3 is 24.2 Å². The fraction of sp³-hybridized carbons (Fsp3) is 0.491. The summed E-state index contributed by atoms with van der Waals surface area (Å²) in [6, 6.07) is 13.8. The Kier molecular flexibility index (Phi) is 33.3. The van der Waals surface area contributed by atoms with E-state index in [1.54, 1.807) is 78.9 Å². The van der Waals surface area contributed by atoms with Gasteiger partial charge in [-0.3, -0.25) is 28.8 Å². The number of esters is 1. The molecule has 0 spiro atoms. The lowest BCUT2D eigenvalue weighted by Gasteiger charge is -2.28. The minimum Gasteiger partial charge on any atom is -0.475 e. The number of aliphatic hydroxyl groups is 3. The number of nitrogens with two attached hydrogens (primary N) is 1. The first-order chi connectivity index (χ1) is 41.2. The number of azo groups is 1. The van der Waals surface area contributed by atoms with Crippen molar-refractivity contribution in [1.82, 2.24) is 37.2 Å². The Hall–Kier alpha value is -7.83. The summed E-state index contributed by atoms with van der Waals surface area (Å²) in [4.78, 5) is 114. The van der Waals surface area contributed by atoms with Crippen molar-refractivity contribution in [2.75, 3.05) is 55.8 Å². The third-order valence-corrected chi connectivity index (χ3v) is 15.0. The van der Waals surface area contributed by atoms with Crippen molar-refractivity contribution in [3.05, 3.63) is 96.1 Å². The SMILES string of the molecule is CC(=O)NCSC[C@H](NC(=O)[C@H](CO)NC(=O)[C@@H](NC(=O)[C@H](Cc1ccccc1)NC(=O)[C@@H](NC(=O)[C@@H](N)CCCCNC(=O)OCCS(C)(=O)=O)C(C)O)C(C)O)C(=O)OCCS(=O)(=O)Cc1ccc(N=Nc2ccccc2)cc1.O=C(O)C(F)(F)F. The van der Waals surface area contributed by atoms with Gasteiger partial charge in [-0.1, -0.05) is 60.7 Å². The zero-order chi connectivity index (χ0) is 66.2. The predicted octanol–water partition coefficient (Wildman–Crippen LogP) is -0.291. The summed E-state index contributed by atoms with van der Waals surface area (Å²) in [6.45, 7) is 1.63. The van der Waals surface area contributed by atoms with Gasteiger partial charge in [0.1, 0.15) is 43.4 Å². The van der Waals surface area contributed by atoms with Crippen LogP contribution in [0.15, 0.2) is 95.2 Å². The second kappa shape index (κ2) is 38.4. The summed E-state index contributed by atoms with van der Waals surface area (Å²) in [5.74, 6) is -11.2. The summed E-state index contributed by atoms with van der Waals surface area (Å²) < 4.78 is 90.3. The van der Waals surface area contributed by atoms with E-state index < -0.39 is 153 Å². The molecule has 8 atom stereocenters. The van der Waals surface area contributed by atoms with Crippen LogP contribution < -0.4 is 43.0 Å². The molecule has 3 rings (SSSR count). The van der Waals surface area contributed by atoms with Crippen LogP contribution in [0.3, 0.4) is 0 Å². The smallest absolute Gasteiger partial charge is 0.475 e. The number of aliphatic carboxylic acids is 1. The molecule has 0 aliphatic carbocycles. The van der Waals surface area contributed by atoms with E-state index >= 15 is 0 Å². The molecule has 35 heteroatoms. The number of alkyl carbamates (subject to hydrolysis) is 1. The maximum Gasteiger partial charge on any atom is 0.490 e. The molecular weight excluding hydrogens is 1230 g/mol. The van der Waals surface area contributed by atoms with Crippen LogP contribution in [0.1, 0.15) is 51.2 Å². The molecule has 0 fully saturated rings. The fourth-order valence-electron chi connectivity index (χ4n) is 6.98. The molecular formula is C53H73F3N10O19S3. The molecule has 29 nitrogen and oxygen atoms in total. The van der Waals surface area contributed by atoms with E-state index in [2.05, 4.69) is 47.4 Å². The lowest BCUT2D eigenvalue weighted by molar-refractivity contribution is -0.192. The number of ether oxygens (including phenoxy) is 2. The summed E-state index contributed by atoms with van der Waals surface area (Å²) >= 11 is 0.968. The average Bonchev–Trinajstić information content (AvgIpc) is 3.65. The maximum absolute atomic E-state index is 14.0. The number of carboxylic acid groups (broad SMARTS) is 1. The summed E-state index contributed by atoms with van der Waals surface area (Å²) in [6.07, 6.45) is -7.68. The lowest BCUT2D eigenvalue weighted by atomic mass is 10.0. The van der Waals surface area contributed by atoms with E-state index in [1.165, 1.54) is 13.8 Å². The van der Waals surface area contributed by atoms with Crippen LogP contribution in [-0.2, 0) is 79.7 Å². The van der Waals surface area contributed by atoms with Crippen LogP contribution in [0.5, 0.6) is 0 Å². The number of sulfone groups is 2. The quantitative estimate of drug-likeness (QED) is 0.0156. The van der Waals surface area contributed by atoms with Gasteiger partial charge in [0.15, 0.2) is 19.7 Å². The van der Waals surface area contributed by atoms with E-state index in [0.717, 1.165) is 24.9 Å². The van der Waals surface area contributed by atoms with E-state index in [1.807, 2.05) is 6.07 Å². The first-order valence-electron chi connectivity index (χ1n) is 26.6. The number of unbranched alkanes of at least 4 members (excludes halogenated alkanes) is 1. The van der Waals surface area contributed by atoms with Crippen LogP contribution >= 0.6 is 11.8 Å². The number of amides is 7. The third kappa shape index (κ3) is 31.7. The molecule has 7 amide bonds. The Morgan fingerprint density at radius 2 is 1.15 bits per heavy atom. The summed E-state index contributed by atoms with van der Waals surface area (Å²) in [5, 5.41) is 63.7. The van der Waals surface area contributed by atoms with Crippen molar-refractivity contribution >= 4 is 96.3 Å². The Morgan fingerprint density at radius 3 is 1.67 bits per heavy atom. The Balaban J connectivity index is 0.00000354. The maximum atomic E-state index is 14.0. The molecule has 0 saturated heterocycles. The number of hydrogen-bond acceptors (Lipinski definition) is 22. The second-order valence-corrected chi connectivity index (χ2v) is 24.8. The number of aliphatic hydroxyl groups excluding tert-OH is 3. The van der Waals surface area contributed by atoms with Gasteiger partial charge in [0.05, 0.1) is 59.4 Å². The van der Waals surface area contributed by atoms with Gasteiger partial charge in [-0.2, -0.15) is 23.4 Å². The first kappa shape index (κ1) is 76.3. The molecule has 3 aromatic carbocycles. The number of alkyl halides is 3. The Morgan fingerprint density at radius 1 is 0.648 bits per heavy atom. The van der Waals surface area contributed by atoms with Crippen LogP contribution in [0, 0.1) is 0 Å². The van der Waals surface area contributed by atoms with Crippen LogP contribution in [0.4, 0.5) is 29.3 Å². The second-order valence-electron chi connectivity index (χ2n) is 19.3. The topological polar surface area (TPSA) is 456 Å². The van der Waals surface area contributed by atoms with E-state index in [4.69, 9.17) is 25.1 Å². The molecule has 0 bridgehead atoms. The number of hydrogen-bond donors (Lipinski definition) is 12. The zero-order valence-corrected chi connectivity index (χ0v) is 50.6. The Bertz CT molecular complexity index is 3030. The van der Waals surface area contributed by atoms with Gasteiger partial charge in [-0.05, 0) is 68.5 Å². The summed E-state index contributed by atoms with van der Waals surface area (Å²) in [5.41, 5.74) is 8.09. The average molecular weight is 1310 g/mol. The highest BCUT2D eigenvalue weighted by molar-refractivity contribution is 7.99. The van der Waals surface area contributed by atoms with Gasteiger partial charge in [0.25, 0.3) is 0 Å². The van der Waals surface area contributed by atoms with Crippen LogP contribution in [-0.4, -0.2) is 201 Å². The number of carboxylic acids is 1. The molecule has 0 heterocycles. The van der Waals surface area contributed by atoms with E-state index in [9.17, 15) is 83.7 Å². The summed E-state index contributed by atoms with van der Waals surface area (Å²) in [7, 11) is -7.19. The highest BCUT2D eigenvalue weighted by Crippen LogP contribution is 2.20. The van der Waals surface area contributed by atoms with Gasteiger partial charge in [-0.15, -0.1) is 11.8 Å². The number of rotatable bonds is 35. The molecule has 3 aromatic rings. The third-order valence-electron chi connectivity index (χ3n) is 11.6. The number of halogens is 3. The molecule has 488 valence electrons. The molecule has 88 heavy (non-hydrogen) atoms. The molecule has 0 aliphatic heterocycles. The monoisotopic (exact) mass is 1310 g/mol. The Labute approximate surface area is 509 Å². The zero-order valence-electron chi connectivity index (χ0n) is 48.1. The number of thioether (sulfide) groups is 1. The van der Waals surface area contributed by atoms with Gasteiger partial charge in [-0.25, -0.2) is 31.2 Å². The largest absolute Gasteiger partial charge is 0.490 e. The van der Waals surface area contributed by atoms with Crippen molar-refractivity contribution in [2.24, 2.45) is 16.0 Å². The van der Waals surface area contributed by atoms with Crippen LogP contribution in [0.25, 0.3) is 0 Å². The van der Waals surface area contributed by atoms with Gasteiger partial charge in [0.2, 0.25) is 35.4 Å².